The number of amides is 2. The van der Waals surface area contributed by atoms with Crippen LogP contribution in [0, 0.1) is 35.5 Å². The van der Waals surface area contributed by atoms with Crippen LogP contribution in [-0.2, 0) is 9.59 Å². The zero-order valence-corrected chi connectivity index (χ0v) is 17.7. The lowest BCUT2D eigenvalue weighted by atomic mass is 9.65. The van der Waals surface area contributed by atoms with Gasteiger partial charge in [0, 0.05) is 18.5 Å². The molecule has 5 nitrogen and oxygen atoms in total. The fourth-order valence-electron chi connectivity index (χ4n) is 5.91. The molecule has 154 valence electrons. The minimum Gasteiger partial charge on any atom is -0.355 e. The van der Waals surface area contributed by atoms with Crippen LogP contribution in [0.3, 0.4) is 0 Å². The molecule has 2 amide bonds. The van der Waals surface area contributed by atoms with Crippen LogP contribution in [0.15, 0.2) is 0 Å². The van der Waals surface area contributed by atoms with Crippen LogP contribution < -0.4 is 10.6 Å². The Morgan fingerprint density at radius 1 is 1.15 bits per heavy atom. The standard InChI is InChI=1S/C22H39N3O2/c1-14-12-15(2)24-22(27)20(14)13-23-21(26)19-7-5-6-18(16(19)3)17-8-10-25(4)11-9-17/h14-20H,5-13H2,1-4H3,(H,23,26)(H,24,27). The van der Waals surface area contributed by atoms with Crippen molar-refractivity contribution in [3.05, 3.63) is 0 Å². The van der Waals surface area contributed by atoms with Crippen molar-refractivity contribution in [2.75, 3.05) is 26.7 Å². The van der Waals surface area contributed by atoms with Gasteiger partial charge >= 0.3 is 0 Å². The van der Waals surface area contributed by atoms with Gasteiger partial charge in [0.25, 0.3) is 0 Å². The minimum atomic E-state index is -0.0891. The SMILES string of the molecule is CC1CC(C)C(CNC(=O)C2CCCC(C3CCN(C)CC3)C2C)C(=O)N1. The fourth-order valence-corrected chi connectivity index (χ4v) is 5.91. The maximum absolute atomic E-state index is 13.0. The lowest BCUT2D eigenvalue weighted by Gasteiger charge is -2.42. The number of hydrogen-bond acceptors (Lipinski definition) is 3. The van der Waals surface area contributed by atoms with E-state index in [1.807, 2.05) is 0 Å². The number of hydrogen-bond donors (Lipinski definition) is 2. The second kappa shape index (κ2) is 8.93. The van der Waals surface area contributed by atoms with Crippen molar-refractivity contribution in [3.63, 3.8) is 0 Å². The molecule has 2 N–H and O–H groups in total. The number of piperidine rings is 2. The Kier molecular flexibility index (Phi) is 6.83. The average molecular weight is 378 g/mol. The molecule has 0 aromatic heterocycles. The lowest BCUT2D eigenvalue weighted by Crippen LogP contribution is -2.51. The average Bonchev–Trinajstić information content (AvgIpc) is 2.61. The van der Waals surface area contributed by atoms with E-state index in [2.05, 4.69) is 43.4 Å². The smallest absolute Gasteiger partial charge is 0.225 e. The van der Waals surface area contributed by atoms with E-state index in [0.717, 1.165) is 25.2 Å². The molecule has 3 aliphatic rings. The first-order chi connectivity index (χ1) is 12.9. The first-order valence-electron chi connectivity index (χ1n) is 11.1. The van der Waals surface area contributed by atoms with E-state index in [1.54, 1.807) is 0 Å². The van der Waals surface area contributed by atoms with Crippen molar-refractivity contribution in [3.8, 4) is 0 Å². The van der Waals surface area contributed by atoms with Gasteiger partial charge in [-0.1, -0.05) is 20.3 Å². The summed E-state index contributed by atoms with van der Waals surface area (Å²) in [6.07, 6.45) is 6.98. The molecular weight excluding hydrogens is 338 g/mol. The van der Waals surface area contributed by atoms with Gasteiger partial charge in [0.1, 0.15) is 0 Å². The zero-order valence-electron chi connectivity index (χ0n) is 17.7. The summed E-state index contributed by atoms with van der Waals surface area (Å²) in [5, 5.41) is 6.18. The number of nitrogens with zero attached hydrogens (tertiary/aromatic N) is 1. The van der Waals surface area contributed by atoms with Crippen molar-refractivity contribution in [2.24, 2.45) is 35.5 Å². The van der Waals surface area contributed by atoms with Gasteiger partial charge < -0.3 is 15.5 Å². The predicted octanol–water partition coefficient (Wildman–Crippen LogP) is 2.66. The molecule has 6 unspecified atom stereocenters. The quantitative estimate of drug-likeness (QED) is 0.792. The van der Waals surface area contributed by atoms with Crippen molar-refractivity contribution in [2.45, 2.75) is 65.3 Å². The Labute approximate surface area is 165 Å². The maximum atomic E-state index is 13.0. The molecular formula is C22H39N3O2. The third-order valence-electron chi connectivity index (χ3n) is 7.70. The number of nitrogens with one attached hydrogen (secondary N) is 2. The van der Waals surface area contributed by atoms with Gasteiger partial charge in [0.2, 0.25) is 11.8 Å². The number of rotatable bonds is 4. The van der Waals surface area contributed by atoms with Crippen molar-refractivity contribution in [1.29, 1.82) is 0 Å². The van der Waals surface area contributed by atoms with Gasteiger partial charge in [0.05, 0.1) is 5.92 Å². The molecule has 27 heavy (non-hydrogen) atoms. The van der Waals surface area contributed by atoms with E-state index in [1.165, 1.54) is 32.4 Å². The Hall–Kier alpha value is -1.10. The van der Waals surface area contributed by atoms with Crippen LogP contribution in [0.2, 0.25) is 0 Å². The highest BCUT2D eigenvalue weighted by Gasteiger charge is 2.39. The molecule has 0 radical (unpaired) electrons. The zero-order chi connectivity index (χ0) is 19.6. The van der Waals surface area contributed by atoms with Gasteiger partial charge in [0.15, 0.2) is 0 Å². The molecule has 5 heteroatoms. The highest BCUT2D eigenvalue weighted by atomic mass is 16.2. The van der Waals surface area contributed by atoms with Crippen molar-refractivity contribution < 1.29 is 9.59 Å². The summed E-state index contributed by atoms with van der Waals surface area (Å²) in [5.74, 6) is 2.53. The maximum Gasteiger partial charge on any atom is 0.225 e. The minimum absolute atomic E-state index is 0.0891. The van der Waals surface area contributed by atoms with E-state index >= 15 is 0 Å². The molecule has 2 heterocycles. The number of carbonyl (C=O) groups excluding carboxylic acids is 2. The summed E-state index contributed by atoms with van der Waals surface area (Å²) in [4.78, 5) is 27.7. The Bertz CT molecular complexity index is 530. The molecule has 2 aliphatic heterocycles. The molecule has 1 saturated carbocycles. The lowest BCUT2D eigenvalue weighted by molar-refractivity contribution is -0.132. The molecule has 3 fully saturated rings. The van der Waals surface area contributed by atoms with Crippen molar-refractivity contribution in [1.82, 2.24) is 15.5 Å². The number of likely N-dealkylation sites (tertiary alicyclic amines) is 1. The second-order valence-electron chi connectivity index (χ2n) is 9.68. The summed E-state index contributed by atoms with van der Waals surface area (Å²) < 4.78 is 0. The summed E-state index contributed by atoms with van der Waals surface area (Å²) in [7, 11) is 2.21. The van der Waals surface area contributed by atoms with Crippen LogP contribution in [0.25, 0.3) is 0 Å². The molecule has 2 saturated heterocycles. The molecule has 1 aliphatic carbocycles. The van der Waals surface area contributed by atoms with Gasteiger partial charge in [-0.25, -0.2) is 0 Å². The van der Waals surface area contributed by atoms with Crippen molar-refractivity contribution >= 4 is 11.8 Å². The van der Waals surface area contributed by atoms with Gasteiger partial charge in [-0.15, -0.1) is 0 Å². The molecule has 0 spiro atoms. The molecule has 0 bridgehead atoms. The summed E-state index contributed by atoms with van der Waals surface area (Å²) in [6.45, 7) is 9.35. The Balaban J connectivity index is 1.54. The highest BCUT2D eigenvalue weighted by Crippen LogP contribution is 2.42. The highest BCUT2D eigenvalue weighted by molar-refractivity contribution is 5.82. The first-order valence-corrected chi connectivity index (χ1v) is 11.1. The second-order valence-corrected chi connectivity index (χ2v) is 9.68. The van der Waals surface area contributed by atoms with Crippen LogP contribution in [0.1, 0.15) is 59.3 Å². The Morgan fingerprint density at radius 3 is 2.52 bits per heavy atom. The van der Waals surface area contributed by atoms with E-state index in [0.29, 0.717) is 24.3 Å². The fraction of sp³-hybridized carbons (Fsp3) is 0.909. The Morgan fingerprint density at radius 2 is 1.85 bits per heavy atom. The summed E-state index contributed by atoms with van der Waals surface area (Å²) in [5.41, 5.74) is 0. The molecule has 6 atom stereocenters. The third-order valence-corrected chi connectivity index (χ3v) is 7.70. The monoisotopic (exact) mass is 377 g/mol. The van der Waals surface area contributed by atoms with E-state index in [4.69, 9.17) is 0 Å². The molecule has 0 aromatic carbocycles. The van der Waals surface area contributed by atoms with Crippen LogP contribution in [0.4, 0.5) is 0 Å². The normalized spacial score (nSPS) is 39.0. The summed E-state index contributed by atoms with van der Waals surface area (Å²) in [6, 6.07) is 0.244. The van der Waals surface area contributed by atoms with Crippen LogP contribution in [0.5, 0.6) is 0 Å². The predicted molar refractivity (Wildman–Crippen MR) is 108 cm³/mol. The topological polar surface area (TPSA) is 61.4 Å². The molecule has 3 rings (SSSR count). The van der Waals surface area contributed by atoms with Gasteiger partial charge in [-0.3, -0.25) is 9.59 Å². The van der Waals surface area contributed by atoms with E-state index in [9.17, 15) is 9.59 Å². The molecule has 0 aromatic rings. The number of carbonyl (C=O) groups is 2. The van der Waals surface area contributed by atoms with Gasteiger partial charge in [-0.2, -0.15) is 0 Å². The first kappa shape index (κ1) is 20.6. The van der Waals surface area contributed by atoms with Gasteiger partial charge in [-0.05, 0) is 82.8 Å². The van der Waals surface area contributed by atoms with Crippen LogP contribution in [-0.4, -0.2) is 49.4 Å². The largest absolute Gasteiger partial charge is 0.355 e. The van der Waals surface area contributed by atoms with E-state index in [-0.39, 0.29) is 29.7 Å². The van der Waals surface area contributed by atoms with E-state index < -0.39 is 0 Å². The van der Waals surface area contributed by atoms with Crippen LogP contribution >= 0.6 is 0 Å². The summed E-state index contributed by atoms with van der Waals surface area (Å²) >= 11 is 0. The third kappa shape index (κ3) is 4.85.